The number of nitrogens with two attached hydrogens (primary N) is 1. The van der Waals surface area contributed by atoms with Crippen LogP contribution in [0.15, 0.2) is 0 Å². The molecule has 3 N–H and O–H groups in total. The molecule has 0 spiro atoms. The van der Waals surface area contributed by atoms with Gasteiger partial charge in [0.05, 0.1) is 5.56 Å². The molecule has 0 saturated heterocycles. The van der Waals surface area contributed by atoms with Gasteiger partial charge in [0.2, 0.25) is 5.91 Å². The second kappa shape index (κ2) is 6.87. The standard InChI is InChI=1S/C15H21N3OS/c1-2-10(17)8-14(19)18-15-12(9-16)11-6-4-3-5-7-13(11)20-15/h10H,2-8,17H2,1H3,(H,18,19). The van der Waals surface area contributed by atoms with Crippen LogP contribution >= 0.6 is 11.3 Å². The molecule has 4 nitrogen and oxygen atoms in total. The van der Waals surface area contributed by atoms with Crippen LogP contribution < -0.4 is 11.1 Å². The number of rotatable bonds is 4. The van der Waals surface area contributed by atoms with E-state index in [-0.39, 0.29) is 11.9 Å². The Balaban J connectivity index is 2.16. The first kappa shape index (κ1) is 15.0. The Bertz CT molecular complexity index is 530. The predicted octanol–water partition coefficient (Wildman–Crippen LogP) is 2.95. The van der Waals surface area contributed by atoms with Crippen molar-refractivity contribution < 1.29 is 4.79 Å². The minimum atomic E-state index is -0.113. The Morgan fingerprint density at radius 1 is 1.45 bits per heavy atom. The van der Waals surface area contributed by atoms with E-state index in [1.54, 1.807) is 11.3 Å². The highest BCUT2D eigenvalue weighted by Gasteiger charge is 2.21. The van der Waals surface area contributed by atoms with Gasteiger partial charge in [-0.3, -0.25) is 4.79 Å². The fraction of sp³-hybridized carbons (Fsp3) is 0.600. The summed E-state index contributed by atoms with van der Waals surface area (Å²) in [5.41, 5.74) is 7.62. The van der Waals surface area contributed by atoms with Gasteiger partial charge in [-0.15, -0.1) is 11.3 Å². The number of nitrogens with zero attached hydrogens (tertiary/aromatic N) is 1. The number of aryl methyl sites for hydroxylation is 1. The number of nitrogens with one attached hydrogen (secondary N) is 1. The highest BCUT2D eigenvalue weighted by atomic mass is 32.1. The Morgan fingerprint density at radius 3 is 2.90 bits per heavy atom. The smallest absolute Gasteiger partial charge is 0.226 e. The lowest BCUT2D eigenvalue weighted by Gasteiger charge is -2.08. The zero-order valence-electron chi connectivity index (χ0n) is 11.9. The summed E-state index contributed by atoms with van der Waals surface area (Å²) in [4.78, 5) is 13.2. The van der Waals surface area contributed by atoms with Gasteiger partial charge in [0.1, 0.15) is 11.1 Å². The Labute approximate surface area is 124 Å². The zero-order chi connectivity index (χ0) is 14.5. The highest BCUT2D eigenvalue weighted by Crippen LogP contribution is 2.37. The molecular formula is C15H21N3OS. The minimum Gasteiger partial charge on any atom is -0.327 e. The molecule has 1 aliphatic rings. The van der Waals surface area contributed by atoms with Gasteiger partial charge in [0, 0.05) is 17.3 Å². The molecule has 1 aromatic rings. The number of nitriles is 1. The summed E-state index contributed by atoms with van der Waals surface area (Å²) in [5.74, 6) is -0.0905. The van der Waals surface area contributed by atoms with Crippen LogP contribution in [-0.4, -0.2) is 11.9 Å². The molecule has 1 aliphatic carbocycles. The Kier molecular flexibility index (Phi) is 5.16. The molecule has 0 bridgehead atoms. The van der Waals surface area contributed by atoms with Crippen molar-refractivity contribution in [2.75, 3.05) is 5.32 Å². The molecule has 5 heteroatoms. The van der Waals surface area contributed by atoms with E-state index in [1.807, 2.05) is 6.92 Å². The number of fused-ring (bicyclic) bond motifs is 1. The third-order valence-corrected chi connectivity index (χ3v) is 4.97. The average Bonchev–Trinajstić information content (AvgIpc) is 2.60. The lowest BCUT2D eigenvalue weighted by atomic mass is 10.1. The second-order valence-corrected chi connectivity index (χ2v) is 6.41. The summed E-state index contributed by atoms with van der Waals surface area (Å²) in [7, 11) is 0. The maximum absolute atomic E-state index is 11.9. The van der Waals surface area contributed by atoms with Gasteiger partial charge in [-0.1, -0.05) is 13.3 Å². The fourth-order valence-corrected chi connectivity index (χ4v) is 3.77. The molecule has 2 rings (SSSR count). The second-order valence-electron chi connectivity index (χ2n) is 5.30. The predicted molar refractivity (Wildman–Crippen MR) is 81.8 cm³/mol. The number of carbonyl (C=O) groups excluding carboxylic acids is 1. The molecule has 1 aromatic heterocycles. The molecule has 20 heavy (non-hydrogen) atoms. The first-order chi connectivity index (χ1) is 9.65. The molecule has 1 unspecified atom stereocenters. The van der Waals surface area contributed by atoms with Crippen molar-refractivity contribution in [2.24, 2.45) is 5.73 Å². The number of thiophene rings is 1. The van der Waals surface area contributed by atoms with Gasteiger partial charge in [-0.25, -0.2) is 0 Å². The van der Waals surface area contributed by atoms with Crippen molar-refractivity contribution in [1.29, 1.82) is 5.26 Å². The van der Waals surface area contributed by atoms with Crippen molar-refractivity contribution in [1.82, 2.24) is 0 Å². The number of hydrogen-bond donors (Lipinski definition) is 2. The molecule has 0 aromatic carbocycles. The molecule has 0 aliphatic heterocycles. The summed E-state index contributed by atoms with van der Waals surface area (Å²) in [6.07, 6.45) is 6.60. The van der Waals surface area contributed by atoms with Crippen LogP contribution in [0.1, 0.15) is 55.0 Å². The number of amides is 1. The summed E-state index contributed by atoms with van der Waals surface area (Å²) in [6.45, 7) is 1.96. The van der Waals surface area contributed by atoms with Gasteiger partial charge in [0.15, 0.2) is 0 Å². The third kappa shape index (κ3) is 3.38. The van der Waals surface area contributed by atoms with Crippen LogP contribution in [-0.2, 0) is 17.6 Å². The number of carbonyl (C=O) groups is 1. The van der Waals surface area contributed by atoms with Crippen molar-refractivity contribution in [3.05, 3.63) is 16.0 Å². The maximum atomic E-state index is 11.9. The van der Waals surface area contributed by atoms with Crippen molar-refractivity contribution in [3.8, 4) is 6.07 Å². The van der Waals surface area contributed by atoms with Crippen molar-refractivity contribution in [3.63, 3.8) is 0 Å². The summed E-state index contributed by atoms with van der Waals surface area (Å²) in [6, 6.07) is 2.16. The zero-order valence-corrected chi connectivity index (χ0v) is 12.7. The van der Waals surface area contributed by atoms with Crippen LogP contribution in [0, 0.1) is 11.3 Å². The molecule has 1 heterocycles. The number of hydrogen-bond acceptors (Lipinski definition) is 4. The summed E-state index contributed by atoms with van der Waals surface area (Å²) in [5, 5.41) is 13.0. The SMILES string of the molecule is CCC(N)CC(=O)Nc1sc2c(c1C#N)CCCCC2. The van der Waals surface area contributed by atoms with E-state index in [9.17, 15) is 10.1 Å². The maximum Gasteiger partial charge on any atom is 0.226 e. The van der Waals surface area contributed by atoms with Gasteiger partial charge in [-0.05, 0) is 37.7 Å². The Morgan fingerprint density at radius 2 is 2.20 bits per heavy atom. The fourth-order valence-electron chi connectivity index (χ4n) is 2.51. The first-order valence-electron chi connectivity index (χ1n) is 7.25. The van der Waals surface area contributed by atoms with Gasteiger partial charge >= 0.3 is 0 Å². The largest absolute Gasteiger partial charge is 0.327 e. The van der Waals surface area contributed by atoms with Gasteiger partial charge in [-0.2, -0.15) is 5.26 Å². The molecular weight excluding hydrogens is 270 g/mol. The lowest BCUT2D eigenvalue weighted by molar-refractivity contribution is -0.116. The van der Waals surface area contributed by atoms with Gasteiger partial charge < -0.3 is 11.1 Å². The third-order valence-electron chi connectivity index (χ3n) is 3.76. The Hall–Kier alpha value is -1.38. The van der Waals surface area contributed by atoms with Crippen LogP contribution in [0.4, 0.5) is 5.00 Å². The van der Waals surface area contributed by atoms with Crippen molar-refractivity contribution in [2.45, 2.75) is 57.9 Å². The molecule has 0 saturated carbocycles. The molecule has 1 atom stereocenters. The van der Waals surface area contributed by atoms with E-state index >= 15 is 0 Å². The van der Waals surface area contributed by atoms with E-state index in [2.05, 4.69) is 11.4 Å². The van der Waals surface area contributed by atoms with Crippen molar-refractivity contribution >= 4 is 22.2 Å². The molecule has 108 valence electrons. The number of anilines is 1. The quantitative estimate of drug-likeness (QED) is 0.837. The summed E-state index contributed by atoms with van der Waals surface area (Å²) < 4.78 is 0. The van der Waals surface area contributed by atoms with Crippen LogP contribution in [0.3, 0.4) is 0 Å². The van der Waals surface area contributed by atoms with Crippen LogP contribution in [0.5, 0.6) is 0 Å². The van der Waals surface area contributed by atoms with Crippen LogP contribution in [0.25, 0.3) is 0 Å². The molecule has 0 radical (unpaired) electrons. The van der Waals surface area contributed by atoms with E-state index in [1.165, 1.54) is 17.7 Å². The molecule has 0 fully saturated rings. The van der Waals surface area contributed by atoms with Crippen LogP contribution in [0.2, 0.25) is 0 Å². The first-order valence-corrected chi connectivity index (χ1v) is 8.07. The van der Waals surface area contributed by atoms with E-state index < -0.39 is 0 Å². The van der Waals surface area contributed by atoms with E-state index in [0.717, 1.165) is 31.2 Å². The van der Waals surface area contributed by atoms with E-state index in [4.69, 9.17) is 5.73 Å². The minimum absolute atomic E-state index is 0.0905. The van der Waals surface area contributed by atoms with Gasteiger partial charge in [0.25, 0.3) is 0 Å². The summed E-state index contributed by atoms with van der Waals surface area (Å²) >= 11 is 1.57. The topological polar surface area (TPSA) is 78.9 Å². The molecule has 1 amide bonds. The normalized spacial score (nSPS) is 15.8. The lowest BCUT2D eigenvalue weighted by Crippen LogP contribution is -2.26. The monoisotopic (exact) mass is 291 g/mol. The van der Waals surface area contributed by atoms with E-state index in [0.29, 0.717) is 17.0 Å². The average molecular weight is 291 g/mol. The highest BCUT2D eigenvalue weighted by molar-refractivity contribution is 7.16.